The number of benzene rings is 1. The number of aromatic carboxylic acids is 1. The van der Waals surface area contributed by atoms with Crippen molar-refractivity contribution in [3.05, 3.63) is 53.0 Å². The van der Waals surface area contributed by atoms with Gasteiger partial charge in [0, 0.05) is 24.7 Å². The molecule has 0 bridgehead atoms. The predicted octanol–water partition coefficient (Wildman–Crippen LogP) is 1.84. The molecule has 1 amide bonds. The summed E-state index contributed by atoms with van der Waals surface area (Å²) in [6, 6.07) is 7.68. The number of nitrogens with one attached hydrogen (secondary N) is 2. The van der Waals surface area contributed by atoms with Gasteiger partial charge in [-0.15, -0.1) is 0 Å². The Balaban J connectivity index is 2.01. The minimum atomic E-state index is -3.34. The van der Waals surface area contributed by atoms with Crippen LogP contribution in [0.3, 0.4) is 0 Å². The number of carbonyl (C=O) groups is 2. The molecule has 134 valence electrons. The third-order valence-electron chi connectivity index (χ3n) is 3.29. The summed E-state index contributed by atoms with van der Waals surface area (Å²) < 4.78 is 29.9. The zero-order chi connectivity index (χ0) is 18.6. The van der Waals surface area contributed by atoms with E-state index in [0.717, 1.165) is 11.8 Å². The van der Waals surface area contributed by atoms with Crippen molar-refractivity contribution in [3.63, 3.8) is 0 Å². The second-order valence-corrected chi connectivity index (χ2v) is 7.11. The molecular weight excluding hydrogens is 348 g/mol. The second-order valence-electron chi connectivity index (χ2n) is 5.36. The molecular formula is C16H18N2O6S. The zero-order valence-corrected chi connectivity index (χ0v) is 14.5. The number of amides is 1. The van der Waals surface area contributed by atoms with Crippen LogP contribution in [-0.2, 0) is 23.0 Å². The van der Waals surface area contributed by atoms with Crippen molar-refractivity contribution in [3.8, 4) is 0 Å². The second kappa shape index (κ2) is 7.39. The average molecular weight is 366 g/mol. The highest BCUT2D eigenvalue weighted by atomic mass is 32.2. The van der Waals surface area contributed by atoms with Crippen LogP contribution in [0.5, 0.6) is 0 Å². The van der Waals surface area contributed by atoms with Gasteiger partial charge in [-0.1, -0.05) is 19.1 Å². The Morgan fingerprint density at radius 1 is 1.20 bits per heavy atom. The Kier molecular flexibility index (Phi) is 5.48. The Morgan fingerprint density at radius 3 is 2.32 bits per heavy atom. The lowest BCUT2D eigenvalue weighted by Gasteiger charge is -2.06. The molecule has 0 aliphatic rings. The van der Waals surface area contributed by atoms with Crippen LogP contribution in [0, 0.1) is 0 Å². The topological polar surface area (TPSA) is 126 Å². The summed E-state index contributed by atoms with van der Waals surface area (Å²) in [6.45, 7) is 1.92. The number of aryl methyl sites for hydroxylation is 1. The summed E-state index contributed by atoms with van der Waals surface area (Å²) in [6.07, 6.45) is 1.42. The van der Waals surface area contributed by atoms with Crippen molar-refractivity contribution >= 4 is 27.6 Å². The molecule has 9 heteroatoms. The number of sulfonamides is 1. The molecule has 0 spiro atoms. The fourth-order valence-electron chi connectivity index (χ4n) is 2.16. The molecule has 3 N–H and O–H groups in total. The van der Waals surface area contributed by atoms with Gasteiger partial charge < -0.3 is 14.8 Å². The van der Waals surface area contributed by atoms with E-state index < -0.39 is 21.9 Å². The van der Waals surface area contributed by atoms with E-state index in [2.05, 4.69) is 10.0 Å². The van der Waals surface area contributed by atoms with Gasteiger partial charge in [-0.3, -0.25) is 9.52 Å². The minimum Gasteiger partial charge on any atom is -0.478 e. The number of hydrogen-bond acceptors (Lipinski definition) is 5. The number of carboxylic acid groups (broad SMARTS) is 1. The highest BCUT2D eigenvalue weighted by Crippen LogP contribution is 2.17. The van der Waals surface area contributed by atoms with Gasteiger partial charge in [0.2, 0.25) is 10.0 Å². The van der Waals surface area contributed by atoms with Gasteiger partial charge in [0.1, 0.15) is 11.3 Å². The van der Waals surface area contributed by atoms with Crippen molar-refractivity contribution in [1.82, 2.24) is 5.32 Å². The maximum absolute atomic E-state index is 12.1. The molecule has 0 unspecified atom stereocenters. The Labute approximate surface area is 144 Å². The monoisotopic (exact) mass is 366 g/mol. The van der Waals surface area contributed by atoms with Crippen LogP contribution in [0.15, 0.2) is 34.7 Å². The van der Waals surface area contributed by atoms with Gasteiger partial charge in [0.25, 0.3) is 5.91 Å². The fraction of sp³-hybridized carbons (Fsp3) is 0.250. The van der Waals surface area contributed by atoms with Crippen molar-refractivity contribution < 1.29 is 27.5 Å². The lowest BCUT2D eigenvalue weighted by atomic mass is 10.2. The van der Waals surface area contributed by atoms with Crippen LogP contribution in [0.1, 0.15) is 39.2 Å². The van der Waals surface area contributed by atoms with E-state index in [1.807, 2.05) is 0 Å². The SMILES string of the molecule is CCc1oc(C(=O)NCc2ccc(NS(C)(=O)=O)cc2)cc1C(=O)O. The van der Waals surface area contributed by atoms with Gasteiger partial charge in [0.05, 0.1) is 6.26 Å². The summed E-state index contributed by atoms with van der Waals surface area (Å²) in [7, 11) is -3.34. The predicted molar refractivity (Wildman–Crippen MR) is 91.1 cm³/mol. The van der Waals surface area contributed by atoms with Crippen LogP contribution in [0.4, 0.5) is 5.69 Å². The van der Waals surface area contributed by atoms with E-state index in [9.17, 15) is 18.0 Å². The van der Waals surface area contributed by atoms with E-state index in [1.165, 1.54) is 6.07 Å². The molecule has 1 aromatic carbocycles. The van der Waals surface area contributed by atoms with E-state index in [4.69, 9.17) is 9.52 Å². The zero-order valence-electron chi connectivity index (χ0n) is 13.7. The first kappa shape index (κ1) is 18.5. The summed E-state index contributed by atoms with van der Waals surface area (Å²) >= 11 is 0. The number of rotatable bonds is 7. The van der Waals surface area contributed by atoms with Crippen LogP contribution in [0.2, 0.25) is 0 Å². The molecule has 1 heterocycles. The number of carboxylic acids is 1. The summed E-state index contributed by atoms with van der Waals surface area (Å²) in [5.74, 6) is -1.49. The first-order valence-corrected chi connectivity index (χ1v) is 9.29. The van der Waals surface area contributed by atoms with Gasteiger partial charge >= 0.3 is 5.97 Å². The molecule has 0 saturated heterocycles. The van der Waals surface area contributed by atoms with Crippen molar-refractivity contribution in [2.75, 3.05) is 11.0 Å². The Bertz CT molecular complexity index is 884. The Morgan fingerprint density at radius 2 is 1.84 bits per heavy atom. The first-order valence-electron chi connectivity index (χ1n) is 7.40. The van der Waals surface area contributed by atoms with Gasteiger partial charge in [-0.05, 0) is 17.7 Å². The lowest BCUT2D eigenvalue weighted by Crippen LogP contribution is -2.22. The van der Waals surface area contributed by atoms with E-state index in [0.29, 0.717) is 12.1 Å². The molecule has 2 rings (SSSR count). The standard InChI is InChI=1S/C16H18N2O6S/c1-3-13-12(16(20)21)8-14(24-13)15(19)17-9-10-4-6-11(7-5-10)18-25(2,22)23/h4-8,18H,3,9H2,1-2H3,(H,17,19)(H,20,21). The van der Waals surface area contributed by atoms with Crippen molar-refractivity contribution in [2.24, 2.45) is 0 Å². The van der Waals surface area contributed by atoms with Crippen molar-refractivity contribution in [1.29, 1.82) is 0 Å². The maximum atomic E-state index is 12.1. The van der Waals surface area contributed by atoms with Gasteiger partial charge in [-0.2, -0.15) is 0 Å². The minimum absolute atomic E-state index is 0.0242. The normalized spacial score (nSPS) is 11.1. The lowest BCUT2D eigenvalue weighted by molar-refractivity contribution is 0.0694. The maximum Gasteiger partial charge on any atom is 0.339 e. The summed E-state index contributed by atoms with van der Waals surface area (Å²) in [5.41, 5.74) is 1.14. The van der Waals surface area contributed by atoms with Crippen LogP contribution in [0.25, 0.3) is 0 Å². The molecule has 1 aromatic heterocycles. The van der Waals surface area contributed by atoms with Crippen LogP contribution < -0.4 is 10.0 Å². The molecule has 0 aliphatic heterocycles. The molecule has 2 aromatic rings. The molecule has 0 aliphatic carbocycles. The highest BCUT2D eigenvalue weighted by Gasteiger charge is 2.19. The van der Waals surface area contributed by atoms with E-state index in [-0.39, 0.29) is 23.6 Å². The number of hydrogen-bond donors (Lipinski definition) is 3. The van der Waals surface area contributed by atoms with Crippen molar-refractivity contribution in [2.45, 2.75) is 19.9 Å². The molecule has 0 saturated carbocycles. The quantitative estimate of drug-likeness (QED) is 0.686. The summed E-state index contributed by atoms with van der Waals surface area (Å²) in [5, 5.41) is 11.7. The molecule has 0 radical (unpaired) electrons. The summed E-state index contributed by atoms with van der Waals surface area (Å²) in [4.78, 5) is 23.2. The van der Waals surface area contributed by atoms with Crippen LogP contribution >= 0.6 is 0 Å². The van der Waals surface area contributed by atoms with E-state index in [1.54, 1.807) is 31.2 Å². The number of anilines is 1. The largest absolute Gasteiger partial charge is 0.478 e. The number of carbonyl (C=O) groups excluding carboxylic acids is 1. The van der Waals surface area contributed by atoms with Gasteiger partial charge in [-0.25, -0.2) is 13.2 Å². The first-order chi connectivity index (χ1) is 11.7. The highest BCUT2D eigenvalue weighted by molar-refractivity contribution is 7.92. The third kappa shape index (κ3) is 5.08. The number of furan rings is 1. The smallest absolute Gasteiger partial charge is 0.339 e. The third-order valence-corrected chi connectivity index (χ3v) is 3.90. The Hall–Kier alpha value is -2.81. The molecule has 0 fully saturated rings. The van der Waals surface area contributed by atoms with Gasteiger partial charge in [0.15, 0.2) is 5.76 Å². The molecule has 0 atom stereocenters. The average Bonchev–Trinajstić information content (AvgIpc) is 2.97. The molecule has 25 heavy (non-hydrogen) atoms. The fourth-order valence-corrected chi connectivity index (χ4v) is 2.72. The molecule has 8 nitrogen and oxygen atoms in total. The van der Waals surface area contributed by atoms with E-state index >= 15 is 0 Å². The van der Waals surface area contributed by atoms with Crippen LogP contribution in [-0.4, -0.2) is 31.7 Å².